The summed E-state index contributed by atoms with van der Waals surface area (Å²) in [6.07, 6.45) is 4.13. The van der Waals surface area contributed by atoms with Crippen molar-refractivity contribution in [1.29, 1.82) is 0 Å². The lowest BCUT2D eigenvalue weighted by Crippen LogP contribution is -2.39. The van der Waals surface area contributed by atoms with Crippen LogP contribution in [0.2, 0.25) is 0 Å². The Bertz CT molecular complexity index is 488. The normalized spacial score (nSPS) is 36.8. The van der Waals surface area contributed by atoms with Crippen molar-refractivity contribution < 1.29 is 24.2 Å². The zero-order valence-corrected chi connectivity index (χ0v) is 12.3. The van der Waals surface area contributed by atoms with E-state index < -0.39 is 29.5 Å². The van der Waals surface area contributed by atoms with Crippen LogP contribution >= 0.6 is 0 Å². The van der Waals surface area contributed by atoms with Crippen molar-refractivity contribution in [2.45, 2.75) is 38.1 Å². The van der Waals surface area contributed by atoms with Crippen molar-refractivity contribution in [3.05, 3.63) is 12.2 Å². The maximum atomic E-state index is 12.5. The average Bonchev–Trinajstić information content (AvgIpc) is 3.03. The van der Waals surface area contributed by atoms with E-state index in [0.29, 0.717) is 19.7 Å². The van der Waals surface area contributed by atoms with Crippen molar-refractivity contribution in [1.82, 2.24) is 4.90 Å². The molecule has 0 aromatic heterocycles. The van der Waals surface area contributed by atoms with Crippen molar-refractivity contribution in [2.24, 2.45) is 11.8 Å². The number of aliphatic carboxylic acids is 1. The molecule has 4 atom stereocenters. The predicted molar refractivity (Wildman–Crippen MR) is 73.6 cm³/mol. The highest BCUT2D eigenvalue weighted by atomic mass is 16.5. The molecule has 2 saturated heterocycles. The van der Waals surface area contributed by atoms with E-state index in [2.05, 4.69) is 0 Å². The topological polar surface area (TPSA) is 76.1 Å². The molecule has 1 spiro atoms. The first-order valence-corrected chi connectivity index (χ1v) is 7.45. The molecular weight excluding hydrogens is 274 g/mol. The quantitative estimate of drug-likeness (QED) is 0.576. The summed E-state index contributed by atoms with van der Waals surface area (Å²) in [6, 6.07) is 0. The minimum absolute atomic E-state index is 0.0983. The van der Waals surface area contributed by atoms with Crippen LogP contribution in [0.1, 0.15) is 20.3 Å². The molecule has 0 saturated carbocycles. The predicted octanol–water partition coefficient (Wildman–Crippen LogP) is 0.668. The highest BCUT2D eigenvalue weighted by Crippen LogP contribution is 2.51. The summed E-state index contributed by atoms with van der Waals surface area (Å²) >= 11 is 0. The molecule has 116 valence electrons. The fourth-order valence-corrected chi connectivity index (χ4v) is 3.62. The Labute approximate surface area is 123 Å². The van der Waals surface area contributed by atoms with E-state index in [1.54, 1.807) is 11.0 Å². The van der Waals surface area contributed by atoms with Crippen molar-refractivity contribution >= 4 is 11.9 Å². The number of carbonyl (C=O) groups is 2. The summed E-state index contributed by atoms with van der Waals surface area (Å²) in [5.74, 6) is -2.37. The maximum Gasteiger partial charge on any atom is 0.310 e. The Kier molecular flexibility index (Phi) is 3.53. The molecular formula is C15H21NO5. The van der Waals surface area contributed by atoms with E-state index in [9.17, 15) is 14.7 Å². The van der Waals surface area contributed by atoms with Crippen molar-refractivity contribution in [2.75, 3.05) is 19.7 Å². The first kappa shape index (κ1) is 14.5. The van der Waals surface area contributed by atoms with Gasteiger partial charge in [0, 0.05) is 13.2 Å². The number of hydrogen-bond donors (Lipinski definition) is 1. The number of nitrogens with zero attached hydrogens (tertiary/aromatic N) is 1. The second-order valence-corrected chi connectivity index (χ2v) is 6.27. The SMILES string of the molecule is CC(C)OCCCN1C[C@@]23C=C[C@H](O2)[C@@H](C(=O)O)[C@H]3C1=O. The van der Waals surface area contributed by atoms with Gasteiger partial charge in [-0.2, -0.15) is 0 Å². The van der Waals surface area contributed by atoms with Crippen LogP contribution in [-0.4, -0.2) is 59.4 Å². The van der Waals surface area contributed by atoms with Gasteiger partial charge < -0.3 is 19.5 Å². The van der Waals surface area contributed by atoms with E-state index in [1.165, 1.54) is 0 Å². The molecule has 0 aliphatic carbocycles. The highest BCUT2D eigenvalue weighted by Gasteiger charge is 2.66. The molecule has 0 aromatic carbocycles. The fraction of sp³-hybridized carbons (Fsp3) is 0.733. The van der Waals surface area contributed by atoms with Gasteiger partial charge in [0.1, 0.15) is 11.5 Å². The van der Waals surface area contributed by atoms with Gasteiger partial charge in [-0.15, -0.1) is 0 Å². The third-order valence-corrected chi connectivity index (χ3v) is 4.49. The molecule has 0 unspecified atom stereocenters. The molecule has 3 heterocycles. The second kappa shape index (κ2) is 5.10. The molecule has 3 aliphatic heterocycles. The number of carbonyl (C=O) groups excluding carboxylic acids is 1. The highest BCUT2D eigenvalue weighted by molar-refractivity contribution is 5.90. The lowest BCUT2D eigenvalue weighted by Gasteiger charge is -2.21. The van der Waals surface area contributed by atoms with Gasteiger partial charge in [-0.25, -0.2) is 0 Å². The van der Waals surface area contributed by atoms with Crippen molar-refractivity contribution in [3.8, 4) is 0 Å². The Balaban J connectivity index is 1.65. The fourth-order valence-electron chi connectivity index (χ4n) is 3.62. The second-order valence-electron chi connectivity index (χ2n) is 6.27. The summed E-state index contributed by atoms with van der Waals surface area (Å²) in [7, 11) is 0. The number of rotatable bonds is 6. The minimum Gasteiger partial charge on any atom is -0.481 e. The molecule has 0 aromatic rings. The summed E-state index contributed by atoms with van der Waals surface area (Å²) < 4.78 is 11.3. The molecule has 2 bridgehead atoms. The lowest BCUT2D eigenvalue weighted by molar-refractivity contribution is -0.148. The largest absolute Gasteiger partial charge is 0.481 e. The Morgan fingerprint density at radius 2 is 2.38 bits per heavy atom. The average molecular weight is 295 g/mol. The number of ether oxygens (including phenoxy) is 2. The molecule has 3 aliphatic rings. The zero-order valence-electron chi connectivity index (χ0n) is 12.3. The molecule has 21 heavy (non-hydrogen) atoms. The summed E-state index contributed by atoms with van der Waals surface area (Å²) in [5.41, 5.74) is -0.719. The van der Waals surface area contributed by atoms with Crippen LogP contribution in [-0.2, 0) is 19.1 Å². The van der Waals surface area contributed by atoms with Crippen LogP contribution in [0.5, 0.6) is 0 Å². The first-order chi connectivity index (χ1) is 9.94. The summed E-state index contributed by atoms with van der Waals surface area (Å²) in [6.45, 7) is 5.58. The third kappa shape index (κ3) is 2.26. The smallest absolute Gasteiger partial charge is 0.310 e. The number of carboxylic acid groups (broad SMARTS) is 1. The van der Waals surface area contributed by atoms with Gasteiger partial charge in [-0.3, -0.25) is 9.59 Å². The number of amides is 1. The van der Waals surface area contributed by atoms with E-state index in [0.717, 1.165) is 6.42 Å². The van der Waals surface area contributed by atoms with Crippen LogP contribution in [0, 0.1) is 11.8 Å². The van der Waals surface area contributed by atoms with Gasteiger partial charge in [0.25, 0.3) is 0 Å². The zero-order chi connectivity index (χ0) is 15.2. The Morgan fingerprint density at radius 1 is 1.62 bits per heavy atom. The summed E-state index contributed by atoms with van der Waals surface area (Å²) in [4.78, 5) is 25.7. The molecule has 2 fully saturated rings. The number of fused-ring (bicyclic) bond motifs is 1. The van der Waals surface area contributed by atoms with E-state index in [-0.39, 0.29) is 12.0 Å². The van der Waals surface area contributed by atoms with Gasteiger partial charge in [0.15, 0.2) is 0 Å². The lowest BCUT2D eigenvalue weighted by atomic mass is 9.77. The monoisotopic (exact) mass is 295 g/mol. The van der Waals surface area contributed by atoms with Gasteiger partial charge in [0.2, 0.25) is 5.91 Å². The van der Waals surface area contributed by atoms with Gasteiger partial charge >= 0.3 is 5.97 Å². The van der Waals surface area contributed by atoms with Gasteiger partial charge in [-0.05, 0) is 20.3 Å². The number of hydrogen-bond acceptors (Lipinski definition) is 4. The number of likely N-dealkylation sites (tertiary alicyclic amines) is 1. The Hall–Kier alpha value is -1.40. The van der Waals surface area contributed by atoms with Crippen LogP contribution < -0.4 is 0 Å². The molecule has 0 radical (unpaired) electrons. The molecule has 1 N–H and O–H groups in total. The van der Waals surface area contributed by atoms with Crippen LogP contribution in [0.4, 0.5) is 0 Å². The summed E-state index contributed by atoms with van der Waals surface area (Å²) in [5, 5.41) is 9.35. The molecule has 1 amide bonds. The van der Waals surface area contributed by atoms with E-state index in [4.69, 9.17) is 9.47 Å². The molecule has 6 heteroatoms. The van der Waals surface area contributed by atoms with Crippen LogP contribution in [0.25, 0.3) is 0 Å². The minimum atomic E-state index is -0.949. The van der Waals surface area contributed by atoms with Crippen molar-refractivity contribution in [3.63, 3.8) is 0 Å². The van der Waals surface area contributed by atoms with Gasteiger partial charge in [-0.1, -0.05) is 12.2 Å². The standard InChI is InChI=1S/C15H21NO5/c1-9(2)20-7-3-6-16-8-15-5-4-10(21-15)11(14(18)19)12(15)13(16)17/h4-5,9-12H,3,6-8H2,1-2H3,(H,18,19)/t10-,11+,12-,15+/m0/s1. The van der Waals surface area contributed by atoms with Crippen LogP contribution in [0.15, 0.2) is 12.2 Å². The Morgan fingerprint density at radius 3 is 3.05 bits per heavy atom. The van der Waals surface area contributed by atoms with Crippen LogP contribution in [0.3, 0.4) is 0 Å². The third-order valence-electron chi connectivity index (χ3n) is 4.49. The maximum absolute atomic E-state index is 12.5. The first-order valence-electron chi connectivity index (χ1n) is 7.45. The van der Waals surface area contributed by atoms with Gasteiger partial charge in [0.05, 0.1) is 24.7 Å². The molecule has 3 rings (SSSR count). The van der Waals surface area contributed by atoms with E-state index >= 15 is 0 Å². The van der Waals surface area contributed by atoms with E-state index in [1.807, 2.05) is 19.9 Å². The number of carboxylic acids is 1. The molecule has 6 nitrogen and oxygen atoms in total.